The van der Waals surface area contributed by atoms with Crippen LogP contribution in [0.15, 0.2) is 36.7 Å². The number of rotatable bonds is 3. The summed E-state index contributed by atoms with van der Waals surface area (Å²) < 4.78 is 0. The van der Waals surface area contributed by atoms with Crippen molar-refractivity contribution in [3.63, 3.8) is 0 Å². The molecule has 3 heteroatoms. The summed E-state index contributed by atoms with van der Waals surface area (Å²) in [6.07, 6.45) is 3.53. The molecular formula is C14H16N2O. The van der Waals surface area contributed by atoms with Crippen LogP contribution in [0.3, 0.4) is 0 Å². The average Bonchev–Trinajstić information content (AvgIpc) is 2.35. The van der Waals surface area contributed by atoms with Crippen molar-refractivity contribution in [2.75, 3.05) is 6.54 Å². The summed E-state index contributed by atoms with van der Waals surface area (Å²) in [7, 11) is 0. The molecule has 0 aliphatic heterocycles. The van der Waals surface area contributed by atoms with Crippen molar-refractivity contribution in [3.05, 3.63) is 42.2 Å². The molecule has 0 saturated heterocycles. The molecule has 2 rings (SSSR count). The van der Waals surface area contributed by atoms with Crippen LogP contribution in [0, 0.1) is 5.92 Å². The molecular weight excluding hydrogens is 212 g/mol. The topological polar surface area (TPSA) is 42.0 Å². The number of hydrogen-bond donors (Lipinski definition) is 1. The molecule has 1 heterocycles. The number of nitrogens with zero attached hydrogens (tertiary/aromatic N) is 1. The summed E-state index contributed by atoms with van der Waals surface area (Å²) in [5, 5.41) is 5.00. The van der Waals surface area contributed by atoms with Crippen LogP contribution in [0.5, 0.6) is 0 Å². The number of benzene rings is 1. The lowest BCUT2D eigenvalue weighted by molar-refractivity contribution is 0.0949. The van der Waals surface area contributed by atoms with Gasteiger partial charge in [0.25, 0.3) is 5.91 Å². The van der Waals surface area contributed by atoms with E-state index in [2.05, 4.69) is 24.1 Å². The molecule has 1 amide bonds. The predicted octanol–water partition coefficient (Wildman–Crippen LogP) is 2.62. The van der Waals surface area contributed by atoms with Gasteiger partial charge in [-0.3, -0.25) is 9.78 Å². The van der Waals surface area contributed by atoms with Crippen LogP contribution in [-0.2, 0) is 0 Å². The number of nitrogens with one attached hydrogen (secondary N) is 1. The van der Waals surface area contributed by atoms with Gasteiger partial charge in [-0.15, -0.1) is 0 Å². The maximum absolute atomic E-state index is 11.9. The highest BCUT2D eigenvalue weighted by molar-refractivity contribution is 5.98. The lowest BCUT2D eigenvalue weighted by atomic mass is 10.1. The van der Waals surface area contributed by atoms with Crippen LogP contribution in [0.4, 0.5) is 0 Å². The molecule has 1 aromatic carbocycles. The summed E-state index contributed by atoms with van der Waals surface area (Å²) in [6.45, 7) is 4.85. The highest BCUT2D eigenvalue weighted by Gasteiger charge is 2.06. The fraction of sp³-hybridized carbons (Fsp3) is 0.286. The zero-order valence-corrected chi connectivity index (χ0v) is 10.1. The molecule has 2 aromatic rings. The molecule has 0 aliphatic carbocycles. The minimum atomic E-state index is -0.0163. The van der Waals surface area contributed by atoms with E-state index in [4.69, 9.17) is 0 Å². The van der Waals surface area contributed by atoms with Crippen molar-refractivity contribution in [2.24, 2.45) is 5.92 Å². The van der Waals surface area contributed by atoms with Gasteiger partial charge in [0.2, 0.25) is 0 Å². The van der Waals surface area contributed by atoms with Crippen molar-refractivity contribution >= 4 is 16.7 Å². The number of pyridine rings is 1. The van der Waals surface area contributed by atoms with Gasteiger partial charge in [-0.05, 0) is 29.5 Å². The van der Waals surface area contributed by atoms with Gasteiger partial charge in [-0.2, -0.15) is 0 Å². The fourth-order valence-corrected chi connectivity index (χ4v) is 1.62. The van der Waals surface area contributed by atoms with Crippen molar-refractivity contribution in [2.45, 2.75) is 13.8 Å². The Morgan fingerprint density at radius 3 is 2.88 bits per heavy atom. The van der Waals surface area contributed by atoms with E-state index in [1.807, 2.05) is 24.3 Å². The zero-order chi connectivity index (χ0) is 12.3. The maximum atomic E-state index is 11.9. The Balaban J connectivity index is 2.21. The standard InChI is InChI=1S/C14H16N2O/c1-10(2)8-16-14(17)12-3-4-13-9-15-6-5-11(13)7-12/h3-7,9-10H,8H2,1-2H3,(H,16,17). The fourth-order valence-electron chi connectivity index (χ4n) is 1.62. The first kappa shape index (κ1) is 11.6. The minimum absolute atomic E-state index is 0.0163. The molecule has 0 bridgehead atoms. The third-order valence-corrected chi connectivity index (χ3v) is 2.57. The second-order valence-corrected chi connectivity index (χ2v) is 4.54. The van der Waals surface area contributed by atoms with Gasteiger partial charge in [0.15, 0.2) is 0 Å². The number of carbonyl (C=O) groups excluding carboxylic acids is 1. The third-order valence-electron chi connectivity index (χ3n) is 2.57. The van der Waals surface area contributed by atoms with Gasteiger partial charge in [0.1, 0.15) is 0 Å². The number of fused-ring (bicyclic) bond motifs is 1. The number of amides is 1. The molecule has 0 radical (unpaired) electrons. The van der Waals surface area contributed by atoms with Crippen LogP contribution >= 0.6 is 0 Å². The van der Waals surface area contributed by atoms with E-state index in [1.165, 1.54) is 0 Å². The normalized spacial score (nSPS) is 10.8. The summed E-state index contributed by atoms with van der Waals surface area (Å²) >= 11 is 0. The Morgan fingerprint density at radius 1 is 1.29 bits per heavy atom. The monoisotopic (exact) mass is 228 g/mol. The van der Waals surface area contributed by atoms with Crippen LogP contribution in [0.2, 0.25) is 0 Å². The van der Waals surface area contributed by atoms with Gasteiger partial charge in [0, 0.05) is 29.9 Å². The smallest absolute Gasteiger partial charge is 0.251 e. The molecule has 1 N–H and O–H groups in total. The predicted molar refractivity (Wildman–Crippen MR) is 68.9 cm³/mol. The molecule has 0 saturated carbocycles. The van der Waals surface area contributed by atoms with Crippen molar-refractivity contribution in [3.8, 4) is 0 Å². The van der Waals surface area contributed by atoms with Gasteiger partial charge in [-0.1, -0.05) is 19.9 Å². The highest BCUT2D eigenvalue weighted by Crippen LogP contribution is 2.14. The molecule has 0 aliphatic rings. The van der Waals surface area contributed by atoms with Crippen LogP contribution in [0.25, 0.3) is 10.8 Å². The first-order valence-corrected chi connectivity index (χ1v) is 5.79. The molecule has 17 heavy (non-hydrogen) atoms. The van der Waals surface area contributed by atoms with Gasteiger partial charge in [0.05, 0.1) is 0 Å². The van der Waals surface area contributed by atoms with E-state index in [9.17, 15) is 4.79 Å². The van der Waals surface area contributed by atoms with E-state index in [0.717, 1.165) is 10.8 Å². The number of carbonyl (C=O) groups is 1. The maximum Gasteiger partial charge on any atom is 0.251 e. The lowest BCUT2D eigenvalue weighted by Crippen LogP contribution is -2.27. The van der Waals surface area contributed by atoms with Crippen LogP contribution in [-0.4, -0.2) is 17.4 Å². The first-order chi connectivity index (χ1) is 8.16. The minimum Gasteiger partial charge on any atom is -0.352 e. The molecule has 0 unspecified atom stereocenters. The van der Waals surface area contributed by atoms with Crippen molar-refractivity contribution in [1.29, 1.82) is 0 Å². The number of hydrogen-bond acceptors (Lipinski definition) is 2. The molecule has 0 spiro atoms. The van der Waals surface area contributed by atoms with Crippen LogP contribution < -0.4 is 5.32 Å². The summed E-state index contributed by atoms with van der Waals surface area (Å²) in [6, 6.07) is 7.56. The Labute approximate surface area is 101 Å². The van der Waals surface area contributed by atoms with Gasteiger partial charge in [-0.25, -0.2) is 0 Å². The molecule has 1 aromatic heterocycles. The second-order valence-electron chi connectivity index (χ2n) is 4.54. The summed E-state index contributed by atoms with van der Waals surface area (Å²) in [5.41, 5.74) is 0.698. The summed E-state index contributed by atoms with van der Waals surface area (Å²) in [4.78, 5) is 15.9. The zero-order valence-electron chi connectivity index (χ0n) is 10.1. The Bertz CT molecular complexity index is 534. The molecule has 3 nitrogen and oxygen atoms in total. The van der Waals surface area contributed by atoms with E-state index >= 15 is 0 Å². The SMILES string of the molecule is CC(C)CNC(=O)c1ccc2cnccc2c1. The van der Waals surface area contributed by atoms with E-state index in [0.29, 0.717) is 18.0 Å². The Morgan fingerprint density at radius 2 is 2.12 bits per heavy atom. The van der Waals surface area contributed by atoms with E-state index in [-0.39, 0.29) is 5.91 Å². The third kappa shape index (κ3) is 2.81. The molecule has 0 atom stereocenters. The lowest BCUT2D eigenvalue weighted by Gasteiger charge is -2.08. The second kappa shape index (κ2) is 4.95. The van der Waals surface area contributed by atoms with Crippen molar-refractivity contribution in [1.82, 2.24) is 10.3 Å². The number of aromatic nitrogens is 1. The van der Waals surface area contributed by atoms with E-state index < -0.39 is 0 Å². The van der Waals surface area contributed by atoms with Crippen molar-refractivity contribution < 1.29 is 4.79 Å². The quantitative estimate of drug-likeness (QED) is 0.877. The Kier molecular flexibility index (Phi) is 3.38. The molecule has 88 valence electrons. The van der Waals surface area contributed by atoms with Gasteiger partial charge >= 0.3 is 0 Å². The average molecular weight is 228 g/mol. The van der Waals surface area contributed by atoms with Crippen LogP contribution in [0.1, 0.15) is 24.2 Å². The first-order valence-electron chi connectivity index (χ1n) is 5.79. The van der Waals surface area contributed by atoms with Gasteiger partial charge < -0.3 is 5.32 Å². The largest absolute Gasteiger partial charge is 0.352 e. The molecule has 0 fully saturated rings. The highest BCUT2D eigenvalue weighted by atomic mass is 16.1. The summed E-state index contributed by atoms with van der Waals surface area (Å²) in [5.74, 6) is 0.445. The Hall–Kier alpha value is -1.90. The van der Waals surface area contributed by atoms with E-state index in [1.54, 1.807) is 12.4 Å².